The number of anilines is 2. The Morgan fingerprint density at radius 3 is 1.62 bits per heavy atom. The van der Waals surface area contributed by atoms with E-state index in [0.29, 0.717) is 11.4 Å². The van der Waals surface area contributed by atoms with E-state index in [1.54, 1.807) is 24.3 Å². The fourth-order valence-electron chi connectivity index (χ4n) is 1.07. The van der Waals surface area contributed by atoms with Gasteiger partial charge >= 0.3 is 0 Å². The summed E-state index contributed by atoms with van der Waals surface area (Å²) in [5.74, 6) is -0.666. The molecule has 0 spiro atoms. The van der Waals surface area contributed by atoms with Crippen molar-refractivity contribution in [2.24, 2.45) is 0 Å². The van der Waals surface area contributed by atoms with Gasteiger partial charge < -0.3 is 10.6 Å². The molecule has 0 fully saturated rings. The second-order valence-electron chi connectivity index (χ2n) is 2.93. The third kappa shape index (κ3) is 3.09. The second kappa shape index (κ2) is 5.50. The van der Waals surface area contributed by atoms with E-state index in [4.69, 9.17) is 0 Å². The standard InChI is InChI=1S/C12H12N2O2/c1-3-11(15)13-9-7-5-6-8-10(9)14-12(16)4-2/h3-8H,1-2H2,(H,13,15)(H,14,16). The van der Waals surface area contributed by atoms with Crippen LogP contribution in [0, 0.1) is 0 Å². The van der Waals surface area contributed by atoms with E-state index < -0.39 is 0 Å². The number of para-hydroxylation sites is 2. The Kier molecular flexibility index (Phi) is 4.03. The fraction of sp³-hybridized carbons (Fsp3) is 0. The lowest BCUT2D eigenvalue weighted by atomic mass is 10.2. The summed E-state index contributed by atoms with van der Waals surface area (Å²) >= 11 is 0. The van der Waals surface area contributed by atoms with Crippen molar-refractivity contribution in [3.63, 3.8) is 0 Å². The minimum absolute atomic E-state index is 0.333. The van der Waals surface area contributed by atoms with Crippen molar-refractivity contribution >= 4 is 23.2 Å². The van der Waals surface area contributed by atoms with Crippen LogP contribution in [0.4, 0.5) is 11.4 Å². The Hall–Kier alpha value is -2.36. The number of benzene rings is 1. The molecule has 0 aliphatic carbocycles. The zero-order valence-corrected chi connectivity index (χ0v) is 8.69. The Morgan fingerprint density at radius 2 is 1.31 bits per heavy atom. The molecule has 0 aliphatic heterocycles. The van der Waals surface area contributed by atoms with Crippen LogP contribution in [-0.2, 0) is 9.59 Å². The summed E-state index contributed by atoms with van der Waals surface area (Å²) in [4.78, 5) is 22.3. The summed E-state index contributed by atoms with van der Waals surface area (Å²) in [6.07, 6.45) is 2.32. The molecule has 1 aromatic rings. The molecule has 0 atom stereocenters. The predicted molar refractivity (Wildman–Crippen MR) is 64.1 cm³/mol. The van der Waals surface area contributed by atoms with Crippen LogP contribution in [0.15, 0.2) is 49.6 Å². The third-order valence-electron chi connectivity index (χ3n) is 1.81. The van der Waals surface area contributed by atoms with Gasteiger partial charge in [-0.1, -0.05) is 25.3 Å². The van der Waals surface area contributed by atoms with Gasteiger partial charge in [-0.3, -0.25) is 9.59 Å². The highest BCUT2D eigenvalue weighted by molar-refractivity contribution is 6.05. The molecule has 16 heavy (non-hydrogen) atoms. The first-order valence-electron chi connectivity index (χ1n) is 4.63. The van der Waals surface area contributed by atoms with Crippen molar-refractivity contribution in [2.75, 3.05) is 10.6 Å². The summed E-state index contributed by atoms with van der Waals surface area (Å²) in [6.45, 7) is 6.70. The Labute approximate surface area is 93.7 Å². The highest BCUT2D eigenvalue weighted by Gasteiger charge is 2.05. The molecule has 0 aliphatic rings. The minimum Gasteiger partial charge on any atom is -0.321 e. The third-order valence-corrected chi connectivity index (χ3v) is 1.81. The van der Waals surface area contributed by atoms with Gasteiger partial charge in [0.2, 0.25) is 11.8 Å². The minimum atomic E-state index is -0.333. The number of rotatable bonds is 4. The highest BCUT2D eigenvalue weighted by Crippen LogP contribution is 2.20. The van der Waals surface area contributed by atoms with Gasteiger partial charge in [0.05, 0.1) is 11.4 Å². The lowest BCUT2D eigenvalue weighted by Gasteiger charge is -2.09. The lowest BCUT2D eigenvalue weighted by molar-refractivity contribution is -0.112. The van der Waals surface area contributed by atoms with Crippen molar-refractivity contribution in [1.29, 1.82) is 0 Å². The van der Waals surface area contributed by atoms with E-state index in [9.17, 15) is 9.59 Å². The predicted octanol–water partition coefficient (Wildman–Crippen LogP) is 1.94. The first kappa shape index (κ1) is 11.7. The van der Waals surface area contributed by atoms with E-state index >= 15 is 0 Å². The molecule has 0 heterocycles. The number of hydrogen-bond donors (Lipinski definition) is 2. The van der Waals surface area contributed by atoms with Gasteiger partial charge in [-0.25, -0.2) is 0 Å². The molecule has 0 aromatic heterocycles. The quantitative estimate of drug-likeness (QED) is 0.755. The van der Waals surface area contributed by atoms with Gasteiger partial charge in [0.1, 0.15) is 0 Å². The molecule has 0 bridgehead atoms. The largest absolute Gasteiger partial charge is 0.321 e. The van der Waals surface area contributed by atoms with E-state index in [2.05, 4.69) is 23.8 Å². The molecular formula is C12H12N2O2. The van der Waals surface area contributed by atoms with Gasteiger partial charge in [-0.15, -0.1) is 0 Å². The van der Waals surface area contributed by atoms with Crippen LogP contribution >= 0.6 is 0 Å². The zero-order chi connectivity index (χ0) is 12.0. The Bertz CT molecular complexity index is 397. The Balaban J connectivity index is 2.91. The maximum absolute atomic E-state index is 11.1. The molecule has 1 aromatic carbocycles. The molecule has 0 saturated heterocycles. The molecule has 2 amide bonds. The van der Waals surface area contributed by atoms with Gasteiger partial charge in [-0.2, -0.15) is 0 Å². The van der Waals surface area contributed by atoms with Crippen LogP contribution in [0.1, 0.15) is 0 Å². The molecular weight excluding hydrogens is 204 g/mol. The average Bonchev–Trinajstić information content (AvgIpc) is 2.31. The number of carbonyl (C=O) groups is 2. The van der Waals surface area contributed by atoms with Crippen molar-refractivity contribution in [2.45, 2.75) is 0 Å². The van der Waals surface area contributed by atoms with E-state index in [1.807, 2.05) is 0 Å². The van der Waals surface area contributed by atoms with E-state index in [-0.39, 0.29) is 11.8 Å². The molecule has 1 rings (SSSR count). The monoisotopic (exact) mass is 216 g/mol. The van der Waals surface area contributed by atoms with Gasteiger partial charge in [-0.05, 0) is 24.3 Å². The van der Waals surface area contributed by atoms with Crippen molar-refractivity contribution < 1.29 is 9.59 Å². The molecule has 0 saturated carbocycles. The molecule has 4 nitrogen and oxygen atoms in total. The van der Waals surface area contributed by atoms with E-state index in [0.717, 1.165) is 12.2 Å². The lowest BCUT2D eigenvalue weighted by Crippen LogP contribution is -2.13. The van der Waals surface area contributed by atoms with Gasteiger partial charge in [0.25, 0.3) is 0 Å². The molecule has 82 valence electrons. The molecule has 2 N–H and O–H groups in total. The number of carbonyl (C=O) groups excluding carboxylic acids is 2. The normalized spacial score (nSPS) is 9.00. The molecule has 0 unspecified atom stereocenters. The van der Waals surface area contributed by atoms with Crippen LogP contribution < -0.4 is 10.6 Å². The smallest absolute Gasteiger partial charge is 0.247 e. The first-order valence-corrected chi connectivity index (χ1v) is 4.63. The summed E-state index contributed by atoms with van der Waals surface area (Å²) < 4.78 is 0. The van der Waals surface area contributed by atoms with Crippen LogP contribution in [0.5, 0.6) is 0 Å². The maximum atomic E-state index is 11.1. The van der Waals surface area contributed by atoms with Gasteiger partial charge in [0, 0.05) is 0 Å². The summed E-state index contributed by atoms with van der Waals surface area (Å²) in [5, 5.41) is 5.17. The molecule has 4 heteroatoms. The molecule has 0 radical (unpaired) electrons. The number of nitrogens with one attached hydrogen (secondary N) is 2. The number of amides is 2. The average molecular weight is 216 g/mol. The summed E-state index contributed by atoms with van der Waals surface area (Å²) in [5.41, 5.74) is 1.03. The Morgan fingerprint density at radius 1 is 0.938 bits per heavy atom. The summed E-state index contributed by atoms with van der Waals surface area (Å²) in [6, 6.07) is 6.87. The SMILES string of the molecule is C=CC(=O)Nc1ccccc1NC(=O)C=C. The fourth-order valence-corrected chi connectivity index (χ4v) is 1.07. The van der Waals surface area contributed by atoms with Crippen LogP contribution in [0.25, 0.3) is 0 Å². The number of hydrogen-bond acceptors (Lipinski definition) is 2. The maximum Gasteiger partial charge on any atom is 0.247 e. The second-order valence-corrected chi connectivity index (χ2v) is 2.93. The first-order chi connectivity index (χ1) is 7.67. The van der Waals surface area contributed by atoms with Crippen LogP contribution in [0.3, 0.4) is 0 Å². The van der Waals surface area contributed by atoms with Crippen molar-refractivity contribution in [3.05, 3.63) is 49.6 Å². The van der Waals surface area contributed by atoms with Crippen molar-refractivity contribution in [3.8, 4) is 0 Å². The zero-order valence-electron chi connectivity index (χ0n) is 8.69. The topological polar surface area (TPSA) is 58.2 Å². The van der Waals surface area contributed by atoms with Gasteiger partial charge in [0.15, 0.2) is 0 Å². The summed E-state index contributed by atoms with van der Waals surface area (Å²) in [7, 11) is 0. The highest BCUT2D eigenvalue weighted by atomic mass is 16.2. The van der Waals surface area contributed by atoms with Crippen molar-refractivity contribution in [1.82, 2.24) is 0 Å². The van der Waals surface area contributed by atoms with E-state index in [1.165, 1.54) is 0 Å². The van der Waals surface area contributed by atoms with Crippen LogP contribution in [0.2, 0.25) is 0 Å². The van der Waals surface area contributed by atoms with Crippen LogP contribution in [-0.4, -0.2) is 11.8 Å².